The Morgan fingerprint density at radius 2 is 2.03 bits per heavy atom. The molecule has 2 amide bonds. The molecule has 2 aliphatic heterocycles. The molecule has 2 aliphatic rings. The lowest BCUT2D eigenvalue weighted by Crippen LogP contribution is -2.70. The highest BCUT2D eigenvalue weighted by Gasteiger charge is 2.54. The maximum atomic E-state index is 12.5. The van der Waals surface area contributed by atoms with Crippen molar-refractivity contribution in [3.63, 3.8) is 0 Å². The van der Waals surface area contributed by atoms with E-state index in [0.29, 0.717) is 12.2 Å². The number of hydrogen-bond acceptors (Lipinski definition) is 8. The number of nitrogens with one attached hydrogen (secondary N) is 1. The van der Waals surface area contributed by atoms with Crippen molar-refractivity contribution in [1.82, 2.24) is 10.2 Å². The van der Waals surface area contributed by atoms with E-state index in [1.807, 2.05) is 11.4 Å². The summed E-state index contributed by atoms with van der Waals surface area (Å²) in [7, 11) is 0. The van der Waals surface area contributed by atoms with Gasteiger partial charge in [-0.15, -0.1) is 23.1 Å². The first kappa shape index (κ1) is 21.6. The second-order valence-corrected chi connectivity index (χ2v) is 8.38. The molecule has 0 aliphatic carbocycles. The number of hydrogen-bond donors (Lipinski definition) is 3. The molecule has 2 atom stereocenters. The quantitative estimate of drug-likeness (QED) is 0.286. The first-order valence-electron chi connectivity index (χ1n) is 8.57. The van der Waals surface area contributed by atoms with Crippen LogP contribution in [0.1, 0.15) is 4.88 Å². The number of carbonyl (C=O) groups is 5. The van der Waals surface area contributed by atoms with Gasteiger partial charge in [0.05, 0.1) is 6.42 Å². The van der Waals surface area contributed by atoms with Crippen molar-refractivity contribution >= 4 is 52.8 Å². The fourth-order valence-electron chi connectivity index (χ4n) is 2.94. The standard InChI is InChI=1S/C18H16N2O8S2/c21-11(6-10-2-1-5-29-10)19-14-16(25)20-15(18(26)27)9(8-30-17(14)20)7-28-13(24)4-3-12(22)23/h1-5,14,17H,6-8H2,(H,19,21)(H,22,23)(H,26,27)/b4-3+/t14-,17-/m1/s1. The zero-order chi connectivity index (χ0) is 21.8. The minimum atomic E-state index is -1.36. The Kier molecular flexibility index (Phi) is 6.57. The van der Waals surface area contributed by atoms with Gasteiger partial charge in [-0.05, 0) is 11.4 Å². The first-order valence-corrected chi connectivity index (χ1v) is 10.5. The lowest BCUT2D eigenvalue weighted by molar-refractivity contribution is -0.150. The van der Waals surface area contributed by atoms with E-state index in [9.17, 15) is 29.1 Å². The highest BCUT2D eigenvalue weighted by molar-refractivity contribution is 8.00. The Morgan fingerprint density at radius 3 is 2.67 bits per heavy atom. The number of thiophene rings is 1. The molecule has 0 radical (unpaired) electrons. The Bertz CT molecular complexity index is 953. The monoisotopic (exact) mass is 452 g/mol. The Labute approximate surface area is 178 Å². The van der Waals surface area contributed by atoms with Crippen molar-refractivity contribution in [3.05, 3.63) is 45.8 Å². The highest BCUT2D eigenvalue weighted by Crippen LogP contribution is 2.40. The van der Waals surface area contributed by atoms with E-state index in [4.69, 9.17) is 9.84 Å². The van der Waals surface area contributed by atoms with Crippen LogP contribution >= 0.6 is 23.1 Å². The summed E-state index contributed by atoms with van der Waals surface area (Å²) in [5.74, 6) is -4.35. The Balaban J connectivity index is 1.65. The normalized spacial score (nSPS) is 20.5. The van der Waals surface area contributed by atoms with Crippen molar-refractivity contribution in [2.24, 2.45) is 0 Å². The molecule has 1 aromatic heterocycles. The van der Waals surface area contributed by atoms with Gasteiger partial charge in [0.1, 0.15) is 23.7 Å². The number of carboxylic acid groups (broad SMARTS) is 2. The smallest absolute Gasteiger partial charge is 0.352 e. The maximum absolute atomic E-state index is 12.5. The van der Waals surface area contributed by atoms with Crippen molar-refractivity contribution in [1.29, 1.82) is 0 Å². The van der Waals surface area contributed by atoms with E-state index >= 15 is 0 Å². The molecule has 1 fully saturated rings. The molecule has 0 aromatic carbocycles. The number of esters is 1. The van der Waals surface area contributed by atoms with Crippen LogP contribution in [0, 0.1) is 0 Å². The molecule has 0 bridgehead atoms. The molecule has 158 valence electrons. The molecule has 1 aromatic rings. The van der Waals surface area contributed by atoms with Crippen LogP contribution in [-0.4, -0.2) is 68.6 Å². The van der Waals surface area contributed by atoms with Gasteiger partial charge in [0.15, 0.2) is 0 Å². The van der Waals surface area contributed by atoms with Crippen molar-refractivity contribution in [2.45, 2.75) is 17.8 Å². The molecule has 3 N–H and O–H groups in total. The van der Waals surface area contributed by atoms with Gasteiger partial charge >= 0.3 is 17.9 Å². The van der Waals surface area contributed by atoms with E-state index < -0.39 is 41.8 Å². The number of carboxylic acids is 2. The van der Waals surface area contributed by atoms with Crippen LogP contribution in [0.2, 0.25) is 0 Å². The molecule has 30 heavy (non-hydrogen) atoms. The topological polar surface area (TPSA) is 150 Å². The molecule has 10 nitrogen and oxygen atoms in total. The van der Waals surface area contributed by atoms with Gasteiger partial charge in [0.2, 0.25) is 5.91 Å². The average Bonchev–Trinajstić information content (AvgIpc) is 3.20. The average molecular weight is 452 g/mol. The SMILES string of the molecule is O=C(O)/C=C/C(=O)OCC1=C(C(=O)O)N2C(=O)[C@@H](NC(=O)Cc3cccs3)[C@H]2SC1. The minimum Gasteiger partial charge on any atom is -0.478 e. The van der Waals surface area contributed by atoms with Crippen LogP contribution in [-0.2, 0) is 35.1 Å². The number of aliphatic carboxylic acids is 2. The molecule has 0 saturated carbocycles. The summed E-state index contributed by atoms with van der Waals surface area (Å²) < 4.78 is 4.88. The maximum Gasteiger partial charge on any atom is 0.352 e. The van der Waals surface area contributed by atoms with Gasteiger partial charge in [0, 0.05) is 28.4 Å². The van der Waals surface area contributed by atoms with Crippen molar-refractivity contribution < 1.29 is 38.9 Å². The Hall–Kier alpha value is -3.12. The van der Waals surface area contributed by atoms with Gasteiger partial charge in [-0.1, -0.05) is 6.07 Å². The van der Waals surface area contributed by atoms with Gasteiger partial charge < -0.3 is 20.3 Å². The van der Waals surface area contributed by atoms with Crippen LogP contribution in [0.4, 0.5) is 0 Å². The number of β-lactam (4-membered cyclic amide) rings is 1. The number of carbonyl (C=O) groups excluding carboxylic acids is 3. The predicted molar refractivity (Wildman–Crippen MR) is 105 cm³/mol. The van der Waals surface area contributed by atoms with Crippen LogP contribution < -0.4 is 5.32 Å². The summed E-state index contributed by atoms with van der Waals surface area (Å²) in [5.41, 5.74) is -0.0833. The summed E-state index contributed by atoms with van der Waals surface area (Å²) in [6.07, 6.45) is 1.43. The number of nitrogens with zero attached hydrogens (tertiary/aromatic N) is 1. The van der Waals surface area contributed by atoms with Crippen molar-refractivity contribution in [2.75, 3.05) is 12.4 Å². The number of rotatable bonds is 8. The third-order valence-corrected chi connectivity index (χ3v) is 6.45. The molecule has 1 saturated heterocycles. The minimum absolute atomic E-state index is 0.130. The van der Waals surface area contributed by atoms with Crippen LogP contribution in [0.25, 0.3) is 0 Å². The lowest BCUT2D eigenvalue weighted by Gasteiger charge is -2.49. The van der Waals surface area contributed by atoms with Gasteiger partial charge in [-0.3, -0.25) is 14.5 Å². The molecule has 0 spiro atoms. The predicted octanol–water partition coefficient (Wildman–Crippen LogP) is 0.213. The number of amides is 2. The van der Waals surface area contributed by atoms with E-state index in [-0.39, 0.29) is 29.4 Å². The molecule has 0 unspecified atom stereocenters. The summed E-state index contributed by atoms with van der Waals surface area (Å²) in [5, 5.41) is 22.0. The summed E-state index contributed by atoms with van der Waals surface area (Å²) in [6.45, 7) is -0.399. The molecular weight excluding hydrogens is 436 g/mol. The zero-order valence-electron chi connectivity index (χ0n) is 15.3. The number of thioether (sulfide) groups is 1. The van der Waals surface area contributed by atoms with Crippen LogP contribution in [0.3, 0.4) is 0 Å². The zero-order valence-corrected chi connectivity index (χ0v) is 16.9. The molecular formula is C18H16N2O8S2. The van der Waals surface area contributed by atoms with E-state index in [1.165, 1.54) is 23.1 Å². The lowest BCUT2D eigenvalue weighted by atomic mass is 10.0. The molecule has 12 heteroatoms. The molecule has 3 rings (SSSR count). The third kappa shape index (κ3) is 4.71. The summed E-state index contributed by atoms with van der Waals surface area (Å²) >= 11 is 2.66. The fraction of sp³-hybridized carbons (Fsp3) is 0.278. The summed E-state index contributed by atoms with van der Waals surface area (Å²) in [6, 6.07) is 2.79. The second kappa shape index (κ2) is 9.13. The second-order valence-electron chi connectivity index (χ2n) is 6.25. The van der Waals surface area contributed by atoms with Gasteiger partial charge in [0.25, 0.3) is 5.91 Å². The fourth-order valence-corrected chi connectivity index (χ4v) is 4.97. The van der Waals surface area contributed by atoms with Gasteiger partial charge in [-0.25, -0.2) is 14.4 Å². The van der Waals surface area contributed by atoms with Gasteiger partial charge in [-0.2, -0.15) is 0 Å². The van der Waals surface area contributed by atoms with E-state index in [0.717, 1.165) is 9.78 Å². The largest absolute Gasteiger partial charge is 0.478 e. The van der Waals surface area contributed by atoms with E-state index in [2.05, 4.69) is 5.32 Å². The van der Waals surface area contributed by atoms with Crippen molar-refractivity contribution in [3.8, 4) is 0 Å². The Morgan fingerprint density at radius 1 is 1.27 bits per heavy atom. The molecule has 3 heterocycles. The summed E-state index contributed by atoms with van der Waals surface area (Å²) in [4.78, 5) is 60.3. The third-order valence-electron chi connectivity index (χ3n) is 4.23. The highest BCUT2D eigenvalue weighted by atomic mass is 32.2. The van der Waals surface area contributed by atoms with Crippen LogP contribution in [0.5, 0.6) is 0 Å². The number of ether oxygens (including phenoxy) is 1. The van der Waals surface area contributed by atoms with Crippen LogP contribution in [0.15, 0.2) is 40.9 Å². The first-order chi connectivity index (χ1) is 14.3. The number of fused-ring (bicyclic) bond motifs is 1. The van der Waals surface area contributed by atoms with E-state index in [1.54, 1.807) is 6.07 Å².